The maximum Gasteiger partial charge on any atom is 0.124 e. The van der Waals surface area contributed by atoms with Crippen molar-refractivity contribution < 1.29 is 5.11 Å². The molecule has 0 atom stereocenters. The molecule has 0 bridgehead atoms. The summed E-state index contributed by atoms with van der Waals surface area (Å²) in [4.78, 5) is 0. The molecule has 2 N–H and O–H groups in total. The van der Waals surface area contributed by atoms with Crippen LogP contribution in [0.1, 0.15) is 18.9 Å². The molecular formula is C9H10ClNO. The van der Waals surface area contributed by atoms with E-state index in [1.54, 1.807) is 12.1 Å². The molecule has 0 aromatic heterocycles. The first-order valence-corrected chi connectivity index (χ1v) is 4.09. The summed E-state index contributed by atoms with van der Waals surface area (Å²) in [6, 6.07) is 4.70. The normalized spacial score (nSPS) is 9.83. The first kappa shape index (κ1) is 9.07. The monoisotopic (exact) mass is 183 g/mol. The van der Waals surface area contributed by atoms with Crippen LogP contribution in [0.4, 0.5) is 0 Å². The van der Waals surface area contributed by atoms with Crippen molar-refractivity contribution in [2.75, 3.05) is 0 Å². The highest BCUT2D eigenvalue weighted by Crippen LogP contribution is 2.22. The van der Waals surface area contributed by atoms with Crippen molar-refractivity contribution in [1.82, 2.24) is 0 Å². The number of nitrogens with one attached hydrogen (secondary N) is 1. The van der Waals surface area contributed by atoms with Gasteiger partial charge in [-0.15, -0.1) is 0 Å². The Morgan fingerprint density at radius 3 is 2.83 bits per heavy atom. The summed E-state index contributed by atoms with van der Waals surface area (Å²) < 4.78 is 0. The molecule has 0 spiro atoms. The van der Waals surface area contributed by atoms with Gasteiger partial charge in [0.05, 0.1) is 0 Å². The van der Waals surface area contributed by atoms with Gasteiger partial charge < -0.3 is 10.5 Å². The summed E-state index contributed by atoms with van der Waals surface area (Å²) >= 11 is 5.71. The molecule has 0 aliphatic rings. The van der Waals surface area contributed by atoms with Crippen LogP contribution in [0.5, 0.6) is 5.75 Å². The van der Waals surface area contributed by atoms with E-state index in [0.29, 0.717) is 22.7 Å². The van der Waals surface area contributed by atoms with E-state index in [9.17, 15) is 5.11 Å². The molecule has 0 saturated carbocycles. The molecule has 64 valence electrons. The molecule has 3 heteroatoms. The second kappa shape index (κ2) is 3.59. The summed E-state index contributed by atoms with van der Waals surface area (Å²) in [7, 11) is 0. The largest absolute Gasteiger partial charge is 0.507 e. The van der Waals surface area contributed by atoms with E-state index in [2.05, 4.69) is 0 Å². The summed E-state index contributed by atoms with van der Waals surface area (Å²) in [5, 5.41) is 17.4. The third-order valence-corrected chi connectivity index (χ3v) is 1.87. The molecule has 12 heavy (non-hydrogen) atoms. The minimum atomic E-state index is 0.117. The van der Waals surface area contributed by atoms with Crippen LogP contribution in [0.2, 0.25) is 5.02 Å². The number of benzene rings is 1. The Bertz CT molecular complexity index is 309. The van der Waals surface area contributed by atoms with E-state index >= 15 is 0 Å². The number of phenolic OH excluding ortho intramolecular Hbond substituents is 1. The van der Waals surface area contributed by atoms with Crippen LogP contribution >= 0.6 is 11.6 Å². The Morgan fingerprint density at radius 2 is 2.25 bits per heavy atom. The van der Waals surface area contributed by atoms with Gasteiger partial charge in [0, 0.05) is 16.3 Å². The van der Waals surface area contributed by atoms with Crippen LogP contribution in [-0.4, -0.2) is 10.8 Å². The van der Waals surface area contributed by atoms with Crippen molar-refractivity contribution in [2.45, 2.75) is 13.3 Å². The van der Waals surface area contributed by atoms with Crippen LogP contribution in [0, 0.1) is 5.41 Å². The van der Waals surface area contributed by atoms with Gasteiger partial charge >= 0.3 is 0 Å². The van der Waals surface area contributed by atoms with Crippen LogP contribution in [-0.2, 0) is 0 Å². The van der Waals surface area contributed by atoms with Gasteiger partial charge in [0.15, 0.2) is 0 Å². The zero-order chi connectivity index (χ0) is 9.14. The lowest BCUT2D eigenvalue weighted by molar-refractivity contribution is 0.474. The molecule has 0 amide bonds. The van der Waals surface area contributed by atoms with Crippen LogP contribution in [0.15, 0.2) is 18.2 Å². The summed E-state index contributed by atoms with van der Waals surface area (Å²) in [6.45, 7) is 1.86. The van der Waals surface area contributed by atoms with Gasteiger partial charge in [-0.1, -0.05) is 18.5 Å². The van der Waals surface area contributed by atoms with Crippen molar-refractivity contribution in [1.29, 1.82) is 5.41 Å². The van der Waals surface area contributed by atoms with E-state index in [4.69, 9.17) is 17.0 Å². The van der Waals surface area contributed by atoms with Gasteiger partial charge in [-0.25, -0.2) is 0 Å². The minimum Gasteiger partial charge on any atom is -0.507 e. The Balaban J connectivity index is 3.13. The molecule has 0 fully saturated rings. The van der Waals surface area contributed by atoms with Crippen molar-refractivity contribution in [2.24, 2.45) is 0 Å². The van der Waals surface area contributed by atoms with Crippen molar-refractivity contribution in [3.8, 4) is 5.75 Å². The second-order valence-corrected chi connectivity index (χ2v) is 2.93. The molecule has 1 aromatic rings. The third-order valence-electron chi connectivity index (χ3n) is 1.64. The summed E-state index contributed by atoms with van der Waals surface area (Å²) in [5.41, 5.74) is 0.917. The van der Waals surface area contributed by atoms with Crippen molar-refractivity contribution >= 4 is 17.3 Å². The molecule has 0 heterocycles. The molecule has 0 aliphatic heterocycles. The Morgan fingerprint density at radius 1 is 1.58 bits per heavy atom. The lowest BCUT2D eigenvalue weighted by Crippen LogP contribution is -1.96. The highest BCUT2D eigenvalue weighted by Gasteiger charge is 2.05. The lowest BCUT2D eigenvalue weighted by atomic mass is 10.1. The number of hydrogen-bond donors (Lipinski definition) is 2. The first-order chi connectivity index (χ1) is 5.65. The molecule has 2 nitrogen and oxygen atoms in total. The zero-order valence-corrected chi connectivity index (χ0v) is 7.52. The molecule has 1 aromatic carbocycles. The van der Waals surface area contributed by atoms with Gasteiger partial charge in [0.2, 0.25) is 0 Å². The quantitative estimate of drug-likeness (QED) is 0.681. The number of aromatic hydroxyl groups is 1. The average molecular weight is 184 g/mol. The lowest BCUT2D eigenvalue weighted by Gasteiger charge is -2.03. The van der Waals surface area contributed by atoms with Gasteiger partial charge in [-0.2, -0.15) is 0 Å². The Kier molecular flexibility index (Phi) is 2.71. The number of phenols is 1. The van der Waals surface area contributed by atoms with Gasteiger partial charge in [0.25, 0.3) is 0 Å². The van der Waals surface area contributed by atoms with Gasteiger partial charge in [0.1, 0.15) is 5.75 Å². The number of hydrogen-bond acceptors (Lipinski definition) is 2. The zero-order valence-electron chi connectivity index (χ0n) is 6.76. The maximum absolute atomic E-state index is 9.34. The van der Waals surface area contributed by atoms with Gasteiger partial charge in [-0.3, -0.25) is 0 Å². The van der Waals surface area contributed by atoms with E-state index in [1.807, 2.05) is 6.92 Å². The maximum atomic E-state index is 9.34. The van der Waals surface area contributed by atoms with Crippen LogP contribution < -0.4 is 0 Å². The van der Waals surface area contributed by atoms with Crippen molar-refractivity contribution in [3.63, 3.8) is 0 Å². The number of halogens is 1. The van der Waals surface area contributed by atoms with Crippen molar-refractivity contribution in [3.05, 3.63) is 28.8 Å². The molecular weight excluding hydrogens is 174 g/mol. The Hall–Kier alpha value is -1.02. The van der Waals surface area contributed by atoms with Crippen LogP contribution in [0.3, 0.4) is 0 Å². The predicted octanol–water partition coefficient (Wildman–Crippen LogP) is 2.82. The molecule has 1 rings (SSSR count). The van der Waals surface area contributed by atoms with Gasteiger partial charge in [-0.05, 0) is 24.6 Å². The fourth-order valence-corrected chi connectivity index (χ4v) is 1.11. The van der Waals surface area contributed by atoms with E-state index in [1.165, 1.54) is 6.07 Å². The topological polar surface area (TPSA) is 44.1 Å². The SMILES string of the molecule is CCC(=N)c1cc(Cl)ccc1O. The highest BCUT2D eigenvalue weighted by atomic mass is 35.5. The second-order valence-electron chi connectivity index (χ2n) is 2.49. The van der Waals surface area contributed by atoms with E-state index < -0.39 is 0 Å². The first-order valence-electron chi connectivity index (χ1n) is 3.71. The average Bonchev–Trinajstić information content (AvgIpc) is 2.08. The van der Waals surface area contributed by atoms with Crippen LogP contribution in [0.25, 0.3) is 0 Å². The smallest absolute Gasteiger partial charge is 0.124 e. The molecule has 0 radical (unpaired) electrons. The summed E-state index contributed by atoms with van der Waals surface area (Å²) in [6.07, 6.45) is 0.591. The fraction of sp³-hybridized carbons (Fsp3) is 0.222. The molecule has 0 saturated heterocycles. The third kappa shape index (κ3) is 1.77. The summed E-state index contributed by atoms with van der Waals surface area (Å²) in [5.74, 6) is 0.117. The minimum absolute atomic E-state index is 0.117. The standard InChI is InChI=1S/C9H10ClNO/c1-2-8(11)7-5-6(10)3-4-9(7)12/h3-5,11-12H,2H2,1H3. The Labute approximate surface area is 76.3 Å². The van der Waals surface area contributed by atoms with E-state index in [0.717, 1.165) is 0 Å². The highest BCUT2D eigenvalue weighted by molar-refractivity contribution is 6.31. The number of rotatable bonds is 2. The van der Waals surface area contributed by atoms with E-state index in [-0.39, 0.29) is 5.75 Å². The molecule has 0 aliphatic carbocycles. The fourth-order valence-electron chi connectivity index (χ4n) is 0.940. The predicted molar refractivity (Wildman–Crippen MR) is 50.2 cm³/mol. The molecule has 0 unspecified atom stereocenters.